The molecule has 2 N–H and O–H groups in total. The van der Waals surface area contributed by atoms with Crippen LogP contribution in [-0.2, 0) is 13.5 Å². The topological polar surface area (TPSA) is 70.4 Å². The number of imidazole rings is 1. The molecule has 6 heteroatoms. The number of aliphatic hydroxyl groups excluding tert-OH is 1. The predicted octanol–water partition coefficient (Wildman–Crippen LogP) is 2.96. The van der Waals surface area contributed by atoms with Gasteiger partial charge in [0.2, 0.25) is 0 Å². The summed E-state index contributed by atoms with van der Waals surface area (Å²) in [5.41, 5.74) is 1.99. The molecule has 3 rings (SSSR count). The second kappa shape index (κ2) is 7.70. The van der Waals surface area contributed by atoms with Crippen LogP contribution in [0, 0.1) is 5.92 Å². The van der Waals surface area contributed by atoms with Gasteiger partial charge in [0, 0.05) is 44.1 Å². The summed E-state index contributed by atoms with van der Waals surface area (Å²) in [6, 6.07) is 7.77. The third-order valence-electron chi connectivity index (χ3n) is 4.95. The number of amides is 2. The first-order chi connectivity index (χ1) is 12.1. The number of benzene rings is 1. The number of piperidine rings is 1. The van der Waals surface area contributed by atoms with Gasteiger partial charge in [0.05, 0.1) is 0 Å². The van der Waals surface area contributed by atoms with Gasteiger partial charge in [0.15, 0.2) is 0 Å². The Labute approximate surface area is 148 Å². The number of aliphatic hydroxyl groups is 1. The van der Waals surface area contributed by atoms with E-state index >= 15 is 0 Å². The molecule has 0 spiro atoms. The summed E-state index contributed by atoms with van der Waals surface area (Å²) in [7, 11) is 1.88. The van der Waals surface area contributed by atoms with E-state index in [9.17, 15) is 9.90 Å². The second-order valence-corrected chi connectivity index (χ2v) is 6.63. The zero-order chi connectivity index (χ0) is 17.8. The van der Waals surface area contributed by atoms with Crippen molar-refractivity contribution in [1.29, 1.82) is 0 Å². The summed E-state index contributed by atoms with van der Waals surface area (Å²) in [6.07, 6.45) is 5.51. The summed E-state index contributed by atoms with van der Waals surface area (Å²) in [6.45, 7) is 3.32. The highest BCUT2D eigenvalue weighted by molar-refractivity contribution is 5.90. The first-order valence-electron chi connectivity index (χ1n) is 8.89. The van der Waals surface area contributed by atoms with Crippen LogP contribution in [0.5, 0.6) is 0 Å². The number of urea groups is 1. The van der Waals surface area contributed by atoms with E-state index in [-0.39, 0.29) is 11.9 Å². The van der Waals surface area contributed by atoms with Gasteiger partial charge < -0.3 is 19.9 Å². The molecular weight excluding hydrogens is 316 g/mol. The number of hydrogen-bond donors (Lipinski definition) is 2. The van der Waals surface area contributed by atoms with Crippen LogP contribution < -0.4 is 5.32 Å². The molecule has 0 radical (unpaired) electrons. The van der Waals surface area contributed by atoms with Crippen molar-refractivity contribution in [1.82, 2.24) is 14.5 Å². The van der Waals surface area contributed by atoms with E-state index in [1.165, 1.54) is 0 Å². The van der Waals surface area contributed by atoms with Crippen molar-refractivity contribution in [2.24, 2.45) is 13.0 Å². The number of nitrogens with one attached hydrogen (secondary N) is 1. The van der Waals surface area contributed by atoms with E-state index in [1.807, 2.05) is 42.1 Å². The maximum atomic E-state index is 12.7. The lowest BCUT2D eigenvalue weighted by Gasteiger charge is -2.35. The fraction of sp³-hybridized carbons (Fsp3) is 0.474. The van der Waals surface area contributed by atoms with Crippen LogP contribution in [0.25, 0.3) is 0 Å². The monoisotopic (exact) mass is 342 g/mol. The lowest BCUT2D eigenvalue weighted by molar-refractivity contribution is 0.0552. The lowest BCUT2D eigenvalue weighted by Crippen LogP contribution is -2.44. The number of carbonyl (C=O) groups is 1. The van der Waals surface area contributed by atoms with E-state index in [1.54, 1.807) is 11.1 Å². The third kappa shape index (κ3) is 3.85. The molecule has 6 nitrogen and oxygen atoms in total. The summed E-state index contributed by atoms with van der Waals surface area (Å²) in [4.78, 5) is 18.7. The average molecular weight is 342 g/mol. The Kier molecular flexibility index (Phi) is 5.38. The zero-order valence-electron chi connectivity index (χ0n) is 14.9. The van der Waals surface area contributed by atoms with E-state index in [4.69, 9.17) is 0 Å². The molecule has 2 heterocycles. The van der Waals surface area contributed by atoms with Gasteiger partial charge in [0.25, 0.3) is 0 Å². The minimum absolute atomic E-state index is 0.00187. The molecule has 1 fully saturated rings. The Morgan fingerprint density at radius 1 is 1.44 bits per heavy atom. The van der Waals surface area contributed by atoms with E-state index in [0.29, 0.717) is 18.9 Å². The molecule has 1 saturated heterocycles. The molecule has 2 unspecified atom stereocenters. The van der Waals surface area contributed by atoms with Gasteiger partial charge >= 0.3 is 6.03 Å². The van der Waals surface area contributed by atoms with Gasteiger partial charge in [-0.2, -0.15) is 0 Å². The van der Waals surface area contributed by atoms with Gasteiger partial charge in [-0.05, 0) is 30.9 Å². The molecule has 1 aliphatic heterocycles. The molecule has 2 aromatic rings. The quantitative estimate of drug-likeness (QED) is 0.897. The predicted molar refractivity (Wildman–Crippen MR) is 97.3 cm³/mol. The Bertz CT molecular complexity index is 728. The zero-order valence-corrected chi connectivity index (χ0v) is 14.9. The molecule has 134 valence electrons. The van der Waals surface area contributed by atoms with Gasteiger partial charge in [-0.15, -0.1) is 0 Å². The minimum Gasteiger partial charge on any atom is -0.385 e. The van der Waals surface area contributed by atoms with Crippen LogP contribution in [0.15, 0.2) is 36.7 Å². The standard InChI is InChI=1S/C19H26N4O2/c1-3-14-7-4-5-9-16(14)21-19(25)23-11-6-8-15(13-23)17(24)18-20-10-12-22(18)2/h4-5,7,9-10,12,15,17,24H,3,6,8,11,13H2,1-2H3,(H,21,25). The maximum absolute atomic E-state index is 12.7. The lowest BCUT2D eigenvalue weighted by atomic mass is 9.92. The van der Waals surface area contributed by atoms with Crippen LogP contribution in [0.2, 0.25) is 0 Å². The summed E-state index contributed by atoms with van der Waals surface area (Å²) >= 11 is 0. The Morgan fingerprint density at radius 2 is 2.24 bits per heavy atom. The summed E-state index contributed by atoms with van der Waals surface area (Å²) in [5, 5.41) is 13.7. The molecule has 0 bridgehead atoms. The highest BCUT2D eigenvalue weighted by Gasteiger charge is 2.31. The van der Waals surface area contributed by atoms with Gasteiger partial charge in [-0.3, -0.25) is 0 Å². The van der Waals surface area contributed by atoms with E-state index < -0.39 is 6.10 Å². The van der Waals surface area contributed by atoms with Crippen molar-refractivity contribution in [3.05, 3.63) is 48.0 Å². The molecule has 0 aliphatic carbocycles. The number of likely N-dealkylation sites (tertiary alicyclic amines) is 1. The van der Waals surface area contributed by atoms with Crippen molar-refractivity contribution < 1.29 is 9.90 Å². The SMILES string of the molecule is CCc1ccccc1NC(=O)N1CCCC(C(O)c2nccn2C)C1. The maximum Gasteiger partial charge on any atom is 0.321 e. The number of carbonyl (C=O) groups excluding carboxylic acids is 1. The summed E-state index contributed by atoms with van der Waals surface area (Å²) < 4.78 is 1.83. The number of nitrogens with zero attached hydrogens (tertiary/aromatic N) is 3. The van der Waals surface area contributed by atoms with Crippen molar-refractivity contribution in [3.63, 3.8) is 0 Å². The third-order valence-corrected chi connectivity index (χ3v) is 4.95. The molecule has 2 atom stereocenters. The molecular formula is C19H26N4O2. The fourth-order valence-corrected chi connectivity index (χ4v) is 3.47. The Morgan fingerprint density at radius 3 is 2.96 bits per heavy atom. The first kappa shape index (κ1) is 17.5. The van der Waals surface area contributed by atoms with Crippen LogP contribution in [0.4, 0.5) is 10.5 Å². The van der Waals surface area contributed by atoms with Crippen LogP contribution in [0.3, 0.4) is 0 Å². The number of hydrogen-bond acceptors (Lipinski definition) is 3. The van der Waals surface area contributed by atoms with Gasteiger partial charge in [-0.25, -0.2) is 9.78 Å². The van der Waals surface area contributed by atoms with Gasteiger partial charge in [0.1, 0.15) is 11.9 Å². The highest BCUT2D eigenvalue weighted by Crippen LogP contribution is 2.29. The van der Waals surface area contributed by atoms with Crippen molar-refractivity contribution >= 4 is 11.7 Å². The molecule has 25 heavy (non-hydrogen) atoms. The molecule has 0 saturated carbocycles. The first-order valence-corrected chi connectivity index (χ1v) is 8.89. The smallest absolute Gasteiger partial charge is 0.321 e. The number of para-hydroxylation sites is 1. The number of rotatable bonds is 4. The Hall–Kier alpha value is -2.34. The minimum atomic E-state index is -0.654. The van der Waals surface area contributed by atoms with Crippen molar-refractivity contribution in [3.8, 4) is 0 Å². The normalized spacial score (nSPS) is 18.8. The second-order valence-electron chi connectivity index (χ2n) is 6.63. The Balaban J connectivity index is 1.66. The fourth-order valence-electron chi connectivity index (χ4n) is 3.47. The van der Waals surface area contributed by atoms with Crippen LogP contribution >= 0.6 is 0 Å². The van der Waals surface area contributed by atoms with E-state index in [0.717, 1.165) is 30.5 Å². The van der Waals surface area contributed by atoms with E-state index in [2.05, 4.69) is 17.2 Å². The average Bonchev–Trinajstić information content (AvgIpc) is 3.07. The van der Waals surface area contributed by atoms with Crippen molar-refractivity contribution in [2.75, 3.05) is 18.4 Å². The van der Waals surface area contributed by atoms with Crippen LogP contribution in [-0.4, -0.2) is 38.7 Å². The number of anilines is 1. The molecule has 1 aliphatic rings. The highest BCUT2D eigenvalue weighted by atomic mass is 16.3. The van der Waals surface area contributed by atoms with Gasteiger partial charge in [-0.1, -0.05) is 25.1 Å². The number of aryl methyl sites for hydroxylation is 2. The summed E-state index contributed by atoms with van der Waals surface area (Å²) in [5.74, 6) is 0.658. The molecule has 1 aromatic carbocycles. The largest absolute Gasteiger partial charge is 0.385 e. The molecule has 2 amide bonds. The van der Waals surface area contributed by atoms with Crippen LogP contribution in [0.1, 0.15) is 37.3 Å². The van der Waals surface area contributed by atoms with Crippen molar-refractivity contribution in [2.45, 2.75) is 32.3 Å². The number of aromatic nitrogens is 2. The molecule has 1 aromatic heterocycles.